The van der Waals surface area contributed by atoms with Gasteiger partial charge in [0.1, 0.15) is 0 Å². The zero-order chi connectivity index (χ0) is 16.3. The Morgan fingerprint density at radius 1 is 1.04 bits per heavy atom. The average molecular weight is 339 g/mol. The van der Waals surface area contributed by atoms with E-state index in [1.807, 2.05) is 24.3 Å². The van der Waals surface area contributed by atoms with Gasteiger partial charge in [-0.15, -0.1) is 11.6 Å². The van der Waals surface area contributed by atoms with Crippen LogP contribution in [0.3, 0.4) is 0 Å². The summed E-state index contributed by atoms with van der Waals surface area (Å²) in [7, 11) is -0.290. The van der Waals surface area contributed by atoms with Crippen LogP contribution in [-0.4, -0.2) is 39.4 Å². The normalized spacial score (nSPS) is 23.2. The van der Waals surface area contributed by atoms with Crippen molar-refractivity contribution in [2.24, 2.45) is 5.41 Å². The van der Waals surface area contributed by atoms with Gasteiger partial charge in [0, 0.05) is 36.5 Å². The number of benzene rings is 1. The second kappa shape index (κ2) is 7.12. The predicted molar refractivity (Wildman–Crippen MR) is 91.1 cm³/mol. The Morgan fingerprint density at radius 2 is 1.65 bits per heavy atom. The quantitative estimate of drug-likeness (QED) is 0.611. The van der Waals surface area contributed by atoms with Crippen molar-refractivity contribution in [2.45, 2.75) is 32.5 Å². The lowest BCUT2D eigenvalue weighted by Crippen LogP contribution is -2.47. The van der Waals surface area contributed by atoms with Gasteiger partial charge in [0.2, 0.25) is 0 Å². The van der Waals surface area contributed by atoms with Crippen molar-refractivity contribution in [3.8, 4) is 0 Å². The molecule has 2 fully saturated rings. The summed E-state index contributed by atoms with van der Waals surface area (Å²) in [4.78, 5) is 0. The van der Waals surface area contributed by atoms with E-state index < -0.39 is 5.79 Å². The van der Waals surface area contributed by atoms with Crippen LogP contribution in [-0.2, 0) is 24.6 Å². The lowest BCUT2D eigenvalue weighted by atomic mass is 9.75. The Hall–Kier alpha value is -0.585. The van der Waals surface area contributed by atoms with Crippen LogP contribution in [0.2, 0.25) is 0 Å². The first-order valence-electron chi connectivity index (χ1n) is 8.22. The molecule has 4 nitrogen and oxygen atoms in total. The molecule has 0 atom stereocenters. The van der Waals surface area contributed by atoms with E-state index in [-0.39, 0.29) is 12.5 Å². The summed E-state index contributed by atoms with van der Waals surface area (Å²) >= 11 is 5.84. The van der Waals surface area contributed by atoms with Gasteiger partial charge >= 0.3 is 7.12 Å². The van der Waals surface area contributed by atoms with Crippen LogP contribution in [0.1, 0.15) is 32.3 Å². The molecule has 3 rings (SSSR count). The molecule has 1 aromatic carbocycles. The van der Waals surface area contributed by atoms with Crippen molar-refractivity contribution in [3.05, 3.63) is 29.8 Å². The highest BCUT2D eigenvalue weighted by Crippen LogP contribution is 2.35. The summed E-state index contributed by atoms with van der Waals surface area (Å²) in [6.45, 7) is 6.92. The van der Waals surface area contributed by atoms with Crippen molar-refractivity contribution in [1.82, 2.24) is 0 Å². The minimum absolute atomic E-state index is 0.0770. The van der Waals surface area contributed by atoms with Crippen LogP contribution in [0, 0.1) is 5.41 Å². The van der Waals surface area contributed by atoms with Gasteiger partial charge in [0.15, 0.2) is 5.79 Å². The van der Waals surface area contributed by atoms with Gasteiger partial charge < -0.3 is 18.8 Å². The standard InChI is InChI=1S/C17H24BClO4/c1-16(2)12-22-18(23-13-16)15-6-4-14(5-7-15)17(8-3-9-19)20-10-11-21-17/h4-7H,3,8-13H2,1-2H3. The van der Waals surface area contributed by atoms with Crippen molar-refractivity contribution >= 4 is 24.2 Å². The SMILES string of the molecule is CC1(C)COB(c2ccc(C3(CCCCl)OCCO3)cc2)OC1. The van der Waals surface area contributed by atoms with E-state index in [0.29, 0.717) is 32.3 Å². The molecule has 0 saturated carbocycles. The second-order valence-electron chi connectivity index (χ2n) is 6.98. The lowest BCUT2D eigenvalue weighted by molar-refractivity contribution is -0.170. The number of rotatable bonds is 5. The van der Waals surface area contributed by atoms with E-state index in [2.05, 4.69) is 13.8 Å². The number of halogens is 1. The predicted octanol–water partition coefficient (Wildman–Crippen LogP) is 2.67. The molecule has 1 aromatic rings. The molecule has 0 aliphatic carbocycles. The number of hydrogen-bond donors (Lipinski definition) is 0. The molecule has 2 heterocycles. The highest BCUT2D eigenvalue weighted by atomic mass is 35.5. The minimum atomic E-state index is -0.649. The smallest absolute Gasteiger partial charge is 0.407 e. The molecule has 23 heavy (non-hydrogen) atoms. The number of ether oxygens (including phenoxy) is 2. The molecule has 0 bridgehead atoms. The summed E-state index contributed by atoms with van der Waals surface area (Å²) in [5, 5.41) is 0. The Balaban J connectivity index is 1.71. The van der Waals surface area contributed by atoms with Crippen LogP contribution in [0.15, 0.2) is 24.3 Å². The molecular weight excluding hydrogens is 314 g/mol. The average Bonchev–Trinajstić information content (AvgIpc) is 3.03. The maximum Gasteiger partial charge on any atom is 0.493 e. The first-order chi connectivity index (χ1) is 11.0. The van der Waals surface area contributed by atoms with Gasteiger partial charge in [-0.1, -0.05) is 38.1 Å². The molecule has 0 N–H and O–H groups in total. The van der Waals surface area contributed by atoms with Gasteiger partial charge in [-0.05, 0) is 11.9 Å². The van der Waals surface area contributed by atoms with Crippen LogP contribution in [0.25, 0.3) is 0 Å². The summed E-state index contributed by atoms with van der Waals surface area (Å²) in [6, 6.07) is 8.15. The second-order valence-corrected chi connectivity index (χ2v) is 7.36. The third-order valence-corrected chi connectivity index (χ3v) is 4.53. The van der Waals surface area contributed by atoms with Crippen LogP contribution in [0.4, 0.5) is 0 Å². The molecular formula is C17H24BClO4. The molecule has 2 aliphatic heterocycles. The van der Waals surface area contributed by atoms with Crippen LogP contribution in [0.5, 0.6) is 0 Å². The number of hydrogen-bond acceptors (Lipinski definition) is 4. The fourth-order valence-electron chi connectivity index (χ4n) is 2.99. The largest absolute Gasteiger partial charge is 0.493 e. The monoisotopic (exact) mass is 338 g/mol. The molecule has 0 spiro atoms. The van der Waals surface area contributed by atoms with Crippen molar-refractivity contribution in [3.63, 3.8) is 0 Å². The van der Waals surface area contributed by atoms with Crippen molar-refractivity contribution in [1.29, 1.82) is 0 Å². The van der Waals surface area contributed by atoms with E-state index in [1.165, 1.54) is 0 Å². The molecule has 0 radical (unpaired) electrons. The van der Waals surface area contributed by atoms with E-state index in [1.54, 1.807) is 0 Å². The molecule has 0 amide bonds. The molecule has 2 aliphatic rings. The Kier molecular flexibility index (Phi) is 5.34. The van der Waals surface area contributed by atoms with Gasteiger partial charge in [0.05, 0.1) is 13.2 Å². The molecule has 2 saturated heterocycles. The third kappa shape index (κ3) is 3.91. The van der Waals surface area contributed by atoms with Gasteiger partial charge in [-0.3, -0.25) is 0 Å². The van der Waals surface area contributed by atoms with E-state index in [0.717, 1.165) is 23.9 Å². The third-order valence-electron chi connectivity index (χ3n) is 4.27. The van der Waals surface area contributed by atoms with Crippen molar-refractivity contribution in [2.75, 3.05) is 32.3 Å². The van der Waals surface area contributed by atoms with E-state index >= 15 is 0 Å². The van der Waals surface area contributed by atoms with E-state index in [9.17, 15) is 0 Å². The summed E-state index contributed by atoms with van der Waals surface area (Å²) in [5.74, 6) is -0.0458. The molecule has 0 unspecified atom stereocenters. The van der Waals surface area contributed by atoms with Gasteiger partial charge in [-0.25, -0.2) is 0 Å². The fraction of sp³-hybridized carbons (Fsp3) is 0.647. The zero-order valence-corrected chi connectivity index (χ0v) is 14.6. The van der Waals surface area contributed by atoms with Gasteiger partial charge in [-0.2, -0.15) is 0 Å². The molecule has 6 heteroatoms. The van der Waals surface area contributed by atoms with Crippen molar-refractivity contribution < 1.29 is 18.8 Å². The fourth-order valence-corrected chi connectivity index (χ4v) is 3.12. The van der Waals surface area contributed by atoms with E-state index in [4.69, 9.17) is 30.4 Å². The highest BCUT2D eigenvalue weighted by molar-refractivity contribution is 6.61. The maximum absolute atomic E-state index is 5.90. The lowest BCUT2D eigenvalue weighted by Gasteiger charge is -2.33. The zero-order valence-electron chi connectivity index (χ0n) is 13.8. The summed E-state index contributed by atoms with van der Waals surface area (Å²) in [6.07, 6.45) is 1.62. The molecule has 0 aromatic heterocycles. The Morgan fingerprint density at radius 3 is 2.22 bits per heavy atom. The first-order valence-corrected chi connectivity index (χ1v) is 8.76. The Bertz CT molecular complexity index is 504. The molecule has 126 valence electrons. The maximum atomic E-state index is 5.90. The first kappa shape index (κ1) is 17.2. The minimum Gasteiger partial charge on any atom is -0.407 e. The highest BCUT2D eigenvalue weighted by Gasteiger charge is 2.39. The van der Waals surface area contributed by atoms with Gasteiger partial charge in [0.25, 0.3) is 0 Å². The summed E-state index contributed by atoms with van der Waals surface area (Å²) in [5.41, 5.74) is 2.13. The number of alkyl halides is 1. The topological polar surface area (TPSA) is 36.9 Å². The van der Waals surface area contributed by atoms with Crippen LogP contribution >= 0.6 is 11.6 Å². The summed E-state index contributed by atoms with van der Waals surface area (Å²) < 4.78 is 23.5. The Labute approximate surface area is 143 Å². The van der Waals surface area contributed by atoms with Crippen LogP contribution < -0.4 is 5.46 Å².